The van der Waals surface area contributed by atoms with Crippen LogP contribution in [0.2, 0.25) is 5.02 Å². The summed E-state index contributed by atoms with van der Waals surface area (Å²) in [6.07, 6.45) is 0. The van der Waals surface area contributed by atoms with Crippen LogP contribution in [-0.4, -0.2) is 25.5 Å². The number of rotatable bonds is 5. The van der Waals surface area contributed by atoms with Crippen LogP contribution >= 0.6 is 11.6 Å². The lowest BCUT2D eigenvalue weighted by molar-refractivity contribution is -0.120. The summed E-state index contributed by atoms with van der Waals surface area (Å²) >= 11 is 6.00. The Morgan fingerprint density at radius 2 is 2.00 bits per heavy atom. The Morgan fingerprint density at radius 3 is 2.64 bits per heavy atom. The number of nitrogens with zero attached hydrogens (tertiary/aromatic N) is 2. The molecule has 0 fully saturated rings. The fourth-order valence-corrected chi connectivity index (χ4v) is 2.43. The van der Waals surface area contributed by atoms with E-state index in [2.05, 4.69) is 5.32 Å². The third kappa shape index (κ3) is 4.49. The van der Waals surface area contributed by atoms with Crippen molar-refractivity contribution in [3.63, 3.8) is 0 Å². The molecule has 0 saturated heterocycles. The molecule has 128 valence electrons. The molecule has 7 heteroatoms. The first-order chi connectivity index (χ1) is 12.0. The molecule has 25 heavy (non-hydrogen) atoms. The molecule has 0 aliphatic heterocycles. The van der Waals surface area contributed by atoms with Crippen molar-refractivity contribution in [2.24, 2.45) is 0 Å². The summed E-state index contributed by atoms with van der Waals surface area (Å²) in [5, 5.41) is 12.1. The quantitative estimate of drug-likeness (QED) is 0.890. The van der Waals surface area contributed by atoms with Crippen LogP contribution in [0.15, 0.2) is 42.5 Å². The number of nitrogens with one attached hydrogen (secondary N) is 1. The number of carbonyl (C=O) groups excluding carboxylic acids is 2. The monoisotopic (exact) mass is 357 g/mol. The highest BCUT2D eigenvalue weighted by Gasteiger charge is 2.20. The van der Waals surface area contributed by atoms with Crippen molar-refractivity contribution in [3.05, 3.63) is 53.1 Å². The van der Waals surface area contributed by atoms with Crippen LogP contribution in [0.25, 0.3) is 0 Å². The van der Waals surface area contributed by atoms with Gasteiger partial charge in [0.2, 0.25) is 11.8 Å². The van der Waals surface area contributed by atoms with Crippen LogP contribution in [0.1, 0.15) is 12.5 Å². The van der Waals surface area contributed by atoms with Crippen LogP contribution in [-0.2, 0) is 9.59 Å². The molecule has 0 aliphatic rings. The zero-order valence-corrected chi connectivity index (χ0v) is 14.5. The molecule has 0 bridgehead atoms. The van der Waals surface area contributed by atoms with Crippen LogP contribution in [0.5, 0.6) is 5.75 Å². The molecule has 1 N–H and O–H groups in total. The Morgan fingerprint density at radius 1 is 1.28 bits per heavy atom. The van der Waals surface area contributed by atoms with Crippen LogP contribution in [0, 0.1) is 11.3 Å². The van der Waals surface area contributed by atoms with Gasteiger partial charge in [0.05, 0.1) is 24.0 Å². The van der Waals surface area contributed by atoms with Gasteiger partial charge in [-0.05, 0) is 30.3 Å². The van der Waals surface area contributed by atoms with E-state index >= 15 is 0 Å². The fourth-order valence-electron chi connectivity index (χ4n) is 2.26. The highest BCUT2D eigenvalue weighted by atomic mass is 35.5. The highest BCUT2D eigenvalue weighted by Crippen LogP contribution is 2.31. The summed E-state index contributed by atoms with van der Waals surface area (Å²) in [7, 11) is 1.47. The number of amides is 2. The molecule has 2 aromatic carbocycles. The van der Waals surface area contributed by atoms with Gasteiger partial charge in [-0.15, -0.1) is 0 Å². The number of hydrogen-bond acceptors (Lipinski definition) is 4. The molecule has 0 aromatic heterocycles. The molecule has 0 saturated carbocycles. The van der Waals surface area contributed by atoms with E-state index in [0.29, 0.717) is 27.7 Å². The molecule has 0 atom stereocenters. The van der Waals surface area contributed by atoms with Crippen molar-refractivity contribution < 1.29 is 14.3 Å². The van der Waals surface area contributed by atoms with Gasteiger partial charge >= 0.3 is 0 Å². The van der Waals surface area contributed by atoms with Crippen LogP contribution in [0.3, 0.4) is 0 Å². The predicted octanol–water partition coefficient (Wildman–Crippen LogP) is 3.21. The van der Waals surface area contributed by atoms with Crippen molar-refractivity contribution in [2.45, 2.75) is 6.92 Å². The van der Waals surface area contributed by atoms with Gasteiger partial charge in [-0.3, -0.25) is 14.5 Å². The number of nitriles is 1. The first kappa shape index (κ1) is 18.3. The average molecular weight is 358 g/mol. The Kier molecular flexibility index (Phi) is 5.98. The maximum atomic E-state index is 12.4. The molecule has 6 nitrogen and oxygen atoms in total. The van der Waals surface area contributed by atoms with Crippen LogP contribution in [0.4, 0.5) is 11.4 Å². The minimum atomic E-state index is -0.445. The van der Waals surface area contributed by atoms with Gasteiger partial charge in [0.1, 0.15) is 18.4 Å². The lowest BCUT2D eigenvalue weighted by Crippen LogP contribution is -2.37. The third-order valence-electron chi connectivity index (χ3n) is 3.44. The standard InChI is InChI=1S/C18H16ClN3O3/c1-12(23)22(16-9-14(19)7-8-17(16)25-2)11-18(24)21-15-6-4-3-5-13(15)10-20/h3-9H,11H2,1-2H3,(H,21,24). The minimum absolute atomic E-state index is 0.244. The Balaban J connectivity index is 2.25. The average Bonchev–Trinajstić information content (AvgIpc) is 2.60. The number of para-hydroxylation sites is 1. The van der Waals surface area contributed by atoms with Crippen molar-refractivity contribution in [1.29, 1.82) is 5.26 Å². The van der Waals surface area contributed by atoms with Gasteiger partial charge in [0.15, 0.2) is 0 Å². The van der Waals surface area contributed by atoms with Crippen molar-refractivity contribution >= 4 is 34.8 Å². The molecular formula is C18H16ClN3O3. The largest absolute Gasteiger partial charge is 0.495 e. The Hall–Kier alpha value is -3.04. The van der Waals surface area contributed by atoms with E-state index in [1.54, 1.807) is 42.5 Å². The zero-order chi connectivity index (χ0) is 18.4. The maximum absolute atomic E-state index is 12.4. The van der Waals surface area contributed by atoms with E-state index in [1.807, 2.05) is 6.07 Å². The SMILES string of the molecule is COc1ccc(Cl)cc1N(CC(=O)Nc1ccccc1C#N)C(C)=O. The first-order valence-electron chi connectivity index (χ1n) is 7.37. The van der Waals surface area contributed by atoms with E-state index in [4.69, 9.17) is 21.6 Å². The lowest BCUT2D eigenvalue weighted by atomic mass is 10.2. The normalized spacial score (nSPS) is 9.84. The second-order valence-corrected chi connectivity index (χ2v) is 5.56. The fraction of sp³-hybridized carbons (Fsp3) is 0.167. The number of benzene rings is 2. The summed E-state index contributed by atoms with van der Waals surface area (Å²) < 4.78 is 5.24. The lowest BCUT2D eigenvalue weighted by Gasteiger charge is -2.23. The smallest absolute Gasteiger partial charge is 0.244 e. The topological polar surface area (TPSA) is 82.4 Å². The molecule has 2 rings (SSSR count). The highest BCUT2D eigenvalue weighted by molar-refractivity contribution is 6.31. The summed E-state index contributed by atoms with van der Waals surface area (Å²) in [6.45, 7) is 1.10. The molecule has 0 radical (unpaired) electrons. The molecule has 0 spiro atoms. The Labute approximate surface area is 150 Å². The van der Waals surface area contributed by atoms with Gasteiger partial charge < -0.3 is 10.1 Å². The van der Waals surface area contributed by atoms with E-state index in [0.717, 1.165) is 0 Å². The maximum Gasteiger partial charge on any atom is 0.244 e. The summed E-state index contributed by atoms with van der Waals surface area (Å²) in [6, 6.07) is 13.4. The van der Waals surface area contributed by atoms with E-state index in [1.165, 1.54) is 18.9 Å². The van der Waals surface area contributed by atoms with Crippen molar-refractivity contribution in [3.8, 4) is 11.8 Å². The third-order valence-corrected chi connectivity index (χ3v) is 3.67. The molecule has 0 unspecified atom stereocenters. The van der Waals surface area contributed by atoms with E-state index in [9.17, 15) is 9.59 Å². The van der Waals surface area contributed by atoms with Crippen molar-refractivity contribution in [1.82, 2.24) is 0 Å². The molecule has 2 aromatic rings. The number of carbonyl (C=O) groups is 2. The number of methoxy groups -OCH3 is 1. The number of ether oxygens (including phenoxy) is 1. The number of hydrogen-bond donors (Lipinski definition) is 1. The predicted molar refractivity (Wildman–Crippen MR) is 95.8 cm³/mol. The zero-order valence-electron chi connectivity index (χ0n) is 13.7. The van der Waals surface area contributed by atoms with Crippen LogP contribution < -0.4 is 15.0 Å². The molecule has 0 heterocycles. The minimum Gasteiger partial charge on any atom is -0.495 e. The van der Waals surface area contributed by atoms with Gasteiger partial charge in [-0.2, -0.15) is 5.26 Å². The van der Waals surface area contributed by atoms with Gasteiger partial charge in [0.25, 0.3) is 0 Å². The molecule has 0 aliphatic carbocycles. The first-order valence-corrected chi connectivity index (χ1v) is 7.74. The summed E-state index contributed by atoms with van der Waals surface area (Å²) in [5.74, 6) is -0.367. The number of anilines is 2. The molecular weight excluding hydrogens is 342 g/mol. The second-order valence-electron chi connectivity index (χ2n) is 5.13. The van der Waals surface area contributed by atoms with Gasteiger partial charge in [0, 0.05) is 11.9 Å². The summed E-state index contributed by atoms with van der Waals surface area (Å²) in [5.41, 5.74) is 1.12. The van der Waals surface area contributed by atoms with E-state index in [-0.39, 0.29) is 12.5 Å². The second kappa shape index (κ2) is 8.18. The van der Waals surface area contributed by atoms with Crippen molar-refractivity contribution in [2.75, 3.05) is 23.9 Å². The number of halogens is 1. The van der Waals surface area contributed by atoms with E-state index < -0.39 is 5.91 Å². The Bertz CT molecular complexity index is 846. The van der Waals surface area contributed by atoms with Gasteiger partial charge in [-0.25, -0.2) is 0 Å². The summed E-state index contributed by atoms with van der Waals surface area (Å²) in [4.78, 5) is 25.7. The van der Waals surface area contributed by atoms with Gasteiger partial charge in [-0.1, -0.05) is 23.7 Å². The molecule has 2 amide bonds.